The molecule has 136 valence electrons. The second-order valence-corrected chi connectivity index (χ2v) is 6.82. The lowest BCUT2D eigenvalue weighted by molar-refractivity contribution is 0.188. The third kappa shape index (κ3) is 3.27. The summed E-state index contributed by atoms with van der Waals surface area (Å²) >= 11 is 0. The minimum atomic E-state index is 0.210. The molecule has 0 spiro atoms. The van der Waals surface area contributed by atoms with Crippen molar-refractivity contribution in [1.29, 1.82) is 0 Å². The number of anilines is 1. The molecular weight excluding hydrogens is 328 g/mol. The van der Waals surface area contributed by atoms with E-state index in [0.717, 1.165) is 49.8 Å². The van der Waals surface area contributed by atoms with Crippen LogP contribution < -0.4 is 4.90 Å². The molecule has 7 heteroatoms. The van der Waals surface area contributed by atoms with E-state index in [0.29, 0.717) is 11.6 Å². The maximum Gasteiger partial charge on any atom is 0.254 e. The maximum absolute atomic E-state index is 9.12. The van der Waals surface area contributed by atoms with Crippen molar-refractivity contribution in [3.63, 3.8) is 0 Å². The lowest BCUT2D eigenvalue weighted by Crippen LogP contribution is -2.47. The molecule has 7 nitrogen and oxygen atoms in total. The first-order chi connectivity index (χ1) is 12.6. The van der Waals surface area contributed by atoms with Gasteiger partial charge in [0.1, 0.15) is 5.82 Å². The van der Waals surface area contributed by atoms with Gasteiger partial charge in [-0.25, -0.2) is 4.98 Å². The molecule has 0 saturated carbocycles. The Balaban J connectivity index is 1.68. The molecular formula is C19H24N6O. The number of aliphatic hydroxyl groups is 1. The number of hydrogen-bond donors (Lipinski definition) is 1. The molecule has 0 unspecified atom stereocenters. The highest BCUT2D eigenvalue weighted by molar-refractivity contribution is 5.59. The van der Waals surface area contributed by atoms with Gasteiger partial charge in [-0.2, -0.15) is 9.50 Å². The van der Waals surface area contributed by atoms with Crippen LogP contribution in [-0.2, 0) is 0 Å². The van der Waals surface area contributed by atoms with Gasteiger partial charge >= 0.3 is 0 Å². The van der Waals surface area contributed by atoms with Crippen molar-refractivity contribution >= 4 is 11.6 Å². The van der Waals surface area contributed by atoms with E-state index in [1.165, 1.54) is 5.56 Å². The quantitative estimate of drug-likeness (QED) is 0.768. The van der Waals surface area contributed by atoms with Crippen LogP contribution in [0.2, 0.25) is 0 Å². The van der Waals surface area contributed by atoms with Gasteiger partial charge in [-0.05, 0) is 13.8 Å². The predicted molar refractivity (Wildman–Crippen MR) is 101 cm³/mol. The first-order valence-corrected chi connectivity index (χ1v) is 9.03. The zero-order chi connectivity index (χ0) is 18.1. The summed E-state index contributed by atoms with van der Waals surface area (Å²) in [5, 5.41) is 13.9. The molecule has 26 heavy (non-hydrogen) atoms. The predicted octanol–water partition coefficient (Wildman–Crippen LogP) is 1.52. The number of aromatic nitrogens is 4. The minimum absolute atomic E-state index is 0.210. The number of aliphatic hydroxyl groups excluding tert-OH is 1. The monoisotopic (exact) mass is 352 g/mol. The largest absolute Gasteiger partial charge is 0.395 e. The average Bonchev–Trinajstić information content (AvgIpc) is 3.06. The lowest BCUT2D eigenvalue weighted by Gasteiger charge is -2.35. The van der Waals surface area contributed by atoms with Crippen LogP contribution in [0.4, 0.5) is 5.82 Å². The number of rotatable bonds is 4. The normalized spacial score (nSPS) is 15.7. The fourth-order valence-electron chi connectivity index (χ4n) is 3.36. The van der Waals surface area contributed by atoms with Crippen molar-refractivity contribution in [3.8, 4) is 11.4 Å². The molecule has 0 amide bonds. The van der Waals surface area contributed by atoms with Crippen LogP contribution in [0.1, 0.15) is 11.3 Å². The number of hydrogen-bond acceptors (Lipinski definition) is 6. The van der Waals surface area contributed by atoms with Gasteiger partial charge in [-0.1, -0.05) is 29.8 Å². The molecule has 1 aliphatic rings. The van der Waals surface area contributed by atoms with Crippen molar-refractivity contribution in [2.24, 2.45) is 0 Å². The van der Waals surface area contributed by atoms with E-state index in [1.807, 2.05) is 23.6 Å². The molecule has 0 bridgehead atoms. The molecule has 3 heterocycles. The third-order valence-electron chi connectivity index (χ3n) is 4.84. The molecule has 0 atom stereocenters. The number of fused-ring (bicyclic) bond motifs is 1. The fraction of sp³-hybridized carbons (Fsp3) is 0.421. The number of aryl methyl sites for hydroxylation is 2. The van der Waals surface area contributed by atoms with E-state index < -0.39 is 0 Å². The van der Waals surface area contributed by atoms with Crippen LogP contribution in [0.15, 0.2) is 30.3 Å². The number of nitrogens with zero attached hydrogens (tertiary/aromatic N) is 6. The molecule has 1 N–H and O–H groups in total. The summed E-state index contributed by atoms with van der Waals surface area (Å²) in [5.74, 6) is 2.36. The van der Waals surface area contributed by atoms with Gasteiger partial charge < -0.3 is 10.0 Å². The summed E-state index contributed by atoms with van der Waals surface area (Å²) < 4.78 is 1.85. The van der Waals surface area contributed by atoms with Crippen LogP contribution in [-0.4, -0.2) is 68.9 Å². The van der Waals surface area contributed by atoms with Gasteiger partial charge in [-0.3, -0.25) is 4.90 Å². The topological polar surface area (TPSA) is 69.8 Å². The number of β-amino-alcohol motifs (C(OH)–C–C–N with tert-alkyl or cyclic N) is 1. The summed E-state index contributed by atoms with van der Waals surface area (Å²) in [6.07, 6.45) is 0. The Hall–Kier alpha value is -2.51. The molecule has 1 saturated heterocycles. The van der Waals surface area contributed by atoms with Gasteiger partial charge in [0.2, 0.25) is 0 Å². The van der Waals surface area contributed by atoms with Gasteiger partial charge in [0.15, 0.2) is 5.82 Å². The molecule has 2 aromatic heterocycles. The fourth-order valence-corrected chi connectivity index (χ4v) is 3.36. The molecule has 1 aromatic carbocycles. The number of benzene rings is 1. The zero-order valence-electron chi connectivity index (χ0n) is 15.3. The first-order valence-electron chi connectivity index (χ1n) is 9.03. The standard InChI is InChI=1S/C19H24N6O/c1-14-3-5-16(6-4-14)18-21-19-20-15(2)13-17(25(19)22-18)24-9-7-23(8-10-24)11-12-26/h3-6,13,26H,7-12H2,1-2H3. The van der Waals surface area contributed by atoms with Crippen molar-refractivity contribution in [2.75, 3.05) is 44.2 Å². The van der Waals surface area contributed by atoms with Crippen molar-refractivity contribution in [1.82, 2.24) is 24.5 Å². The highest BCUT2D eigenvalue weighted by Gasteiger charge is 2.21. The van der Waals surface area contributed by atoms with E-state index >= 15 is 0 Å². The summed E-state index contributed by atoms with van der Waals surface area (Å²) in [5.41, 5.74) is 3.15. The Morgan fingerprint density at radius 2 is 1.73 bits per heavy atom. The van der Waals surface area contributed by atoms with Gasteiger partial charge in [-0.15, -0.1) is 5.10 Å². The lowest BCUT2D eigenvalue weighted by atomic mass is 10.1. The first kappa shape index (κ1) is 16.9. The van der Waals surface area contributed by atoms with Crippen molar-refractivity contribution < 1.29 is 5.11 Å². The molecule has 4 rings (SSSR count). The van der Waals surface area contributed by atoms with E-state index in [2.05, 4.69) is 44.9 Å². The van der Waals surface area contributed by atoms with E-state index in [9.17, 15) is 0 Å². The van der Waals surface area contributed by atoms with E-state index in [4.69, 9.17) is 10.2 Å². The molecule has 0 radical (unpaired) electrons. The Kier molecular flexibility index (Phi) is 4.57. The number of piperazine rings is 1. The van der Waals surface area contributed by atoms with E-state index in [1.54, 1.807) is 0 Å². The third-order valence-corrected chi connectivity index (χ3v) is 4.84. The van der Waals surface area contributed by atoms with Crippen LogP contribution in [0, 0.1) is 13.8 Å². The SMILES string of the molecule is Cc1ccc(-c2nc3nc(C)cc(N4CCN(CCO)CC4)n3n2)cc1. The van der Waals surface area contributed by atoms with Crippen molar-refractivity contribution in [2.45, 2.75) is 13.8 Å². The van der Waals surface area contributed by atoms with Crippen LogP contribution in [0.5, 0.6) is 0 Å². The minimum Gasteiger partial charge on any atom is -0.395 e. The molecule has 1 aliphatic heterocycles. The van der Waals surface area contributed by atoms with Crippen molar-refractivity contribution in [3.05, 3.63) is 41.6 Å². The summed E-state index contributed by atoms with van der Waals surface area (Å²) in [4.78, 5) is 13.8. The van der Waals surface area contributed by atoms with Gasteiger partial charge in [0.05, 0.1) is 6.61 Å². The Labute approximate surface area is 152 Å². The highest BCUT2D eigenvalue weighted by atomic mass is 16.3. The summed E-state index contributed by atoms with van der Waals surface area (Å²) in [7, 11) is 0. The Morgan fingerprint density at radius 1 is 1.00 bits per heavy atom. The Bertz CT molecular complexity index is 896. The zero-order valence-corrected chi connectivity index (χ0v) is 15.3. The highest BCUT2D eigenvalue weighted by Crippen LogP contribution is 2.22. The van der Waals surface area contributed by atoms with Gasteiger partial charge in [0.25, 0.3) is 5.78 Å². The summed E-state index contributed by atoms with van der Waals surface area (Å²) in [6, 6.07) is 10.3. The van der Waals surface area contributed by atoms with E-state index in [-0.39, 0.29) is 6.61 Å². The average molecular weight is 352 g/mol. The second-order valence-electron chi connectivity index (χ2n) is 6.82. The molecule has 0 aliphatic carbocycles. The Morgan fingerprint density at radius 3 is 2.42 bits per heavy atom. The molecule has 3 aromatic rings. The van der Waals surface area contributed by atoms with Crippen LogP contribution in [0.25, 0.3) is 17.2 Å². The summed E-state index contributed by atoms with van der Waals surface area (Å²) in [6.45, 7) is 8.68. The maximum atomic E-state index is 9.12. The smallest absolute Gasteiger partial charge is 0.254 e. The van der Waals surface area contributed by atoms with Crippen LogP contribution >= 0.6 is 0 Å². The van der Waals surface area contributed by atoms with Crippen LogP contribution in [0.3, 0.4) is 0 Å². The second kappa shape index (κ2) is 7.01. The van der Waals surface area contributed by atoms with Gasteiger partial charge in [0, 0.05) is 50.0 Å². The molecule has 1 fully saturated rings.